The van der Waals surface area contributed by atoms with Gasteiger partial charge in [0.05, 0.1) is 10.5 Å². The van der Waals surface area contributed by atoms with Gasteiger partial charge in [-0.1, -0.05) is 11.6 Å². The van der Waals surface area contributed by atoms with E-state index in [9.17, 15) is 13.6 Å². The molecule has 0 unspecified atom stereocenters. The SMILES string of the molecule is O=C(c1cc2cc(Cl)c(F)c(F)c2[nH]1)N1CC[C@H]2CNC[C@H]21. The van der Waals surface area contributed by atoms with Crippen molar-refractivity contribution in [1.29, 1.82) is 0 Å². The zero-order valence-corrected chi connectivity index (χ0v) is 12.4. The van der Waals surface area contributed by atoms with Crippen LogP contribution in [0, 0.1) is 17.6 Å². The van der Waals surface area contributed by atoms with Crippen molar-refractivity contribution < 1.29 is 13.6 Å². The molecule has 0 spiro atoms. The standard InChI is InChI=1S/C15H14ClF2N3O/c16-9-3-8-4-10(20-14(8)13(18)12(9)17)15(22)21-2-1-7-5-19-6-11(7)21/h3-4,7,11,19-20H,1-2,5-6H2/t7-,11+/m0/s1. The quantitative estimate of drug-likeness (QED) is 0.792. The maximum atomic E-state index is 13.9. The largest absolute Gasteiger partial charge is 0.348 e. The van der Waals surface area contributed by atoms with E-state index < -0.39 is 11.6 Å². The number of likely N-dealkylation sites (tertiary alicyclic amines) is 1. The number of nitrogens with one attached hydrogen (secondary N) is 2. The molecule has 0 aliphatic carbocycles. The van der Waals surface area contributed by atoms with Crippen LogP contribution in [0.2, 0.25) is 5.02 Å². The van der Waals surface area contributed by atoms with Crippen molar-refractivity contribution in [2.24, 2.45) is 5.92 Å². The summed E-state index contributed by atoms with van der Waals surface area (Å²) in [4.78, 5) is 17.2. The number of rotatable bonds is 1. The number of hydrogen-bond acceptors (Lipinski definition) is 2. The van der Waals surface area contributed by atoms with Crippen molar-refractivity contribution in [2.75, 3.05) is 19.6 Å². The molecule has 2 aliphatic heterocycles. The first-order valence-electron chi connectivity index (χ1n) is 7.24. The molecule has 22 heavy (non-hydrogen) atoms. The molecule has 2 fully saturated rings. The van der Waals surface area contributed by atoms with Gasteiger partial charge in [-0.15, -0.1) is 0 Å². The highest BCUT2D eigenvalue weighted by molar-refractivity contribution is 6.31. The summed E-state index contributed by atoms with van der Waals surface area (Å²) >= 11 is 5.65. The number of benzene rings is 1. The molecule has 3 heterocycles. The number of halogens is 3. The monoisotopic (exact) mass is 325 g/mol. The summed E-state index contributed by atoms with van der Waals surface area (Å²) in [6, 6.07) is 3.04. The van der Waals surface area contributed by atoms with Crippen LogP contribution in [-0.2, 0) is 0 Å². The average molecular weight is 326 g/mol. The minimum absolute atomic E-state index is 0.0226. The van der Waals surface area contributed by atoms with Gasteiger partial charge in [-0.25, -0.2) is 8.78 Å². The Labute approximate surface area is 130 Å². The Morgan fingerprint density at radius 1 is 1.27 bits per heavy atom. The average Bonchev–Trinajstić information content (AvgIpc) is 3.18. The van der Waals surface area contributed by atoms with E-state index >= 15 is 0 Å². The first kappa shape index (κ1) is 14.0. The van der Waals surface area contributed by atoms with E-state index in [2.05, 4.69) is 10.3 Å². The highest BCUT2D eigenvalue weighted by Crippen LogP contribution is 2.31. The second-order valence-corrected chi connectivity index (χ2v) is 6.31. The first-order chi connectivity index (χ1) is 10.6. The minimum Gasteiger partial charge on any atom is -0.348 e. The number of nitrogens with zero attached hydrogens (tertiary/aromatic N) is 1. The second-order valence-electron chi connectivity index (χ2n) is 5.91. The van der Waals surface area contributed by atoms with Gasteiger partial charge in [-0.05, 0) is 24.5 Å². The molecule has 0 radical (unpaired) electrons. The Bertz CT molecular complexity index is 776. The van der Waals surface area contributed by atoms with Crippen molar-refractivity contribution in [3.63, 3.8) is 0 Å². The normalized spacial score (nSPS) is 24.2. The van der Waals surface area contributed by atoms with Crippen molar-refractivity contribution in [3.8, 4) is 0 Å². The van der Waals surface area contributed by atoms with Gasteiger partial charge in [-0.3, -0.25) is 4.79 Å². The van der Waals surface area contributed by atoms with Crippen LogP contribution in [-0.4, -0.2) is 41.5 Å². The Kier molecular flexibility index (Phi) is 3.13. The third-order valence-electron chi connectivity index (χ3n) is 4.69. The van der Waals surface area contributed by atoms with Crippen LogP contribution in [0.25, 0.3) is 10.9 Å². The smallest absolute Gasteiger partial charge is 0.270 e. The lowest BCUT2D eigenvalue weighted by molar-refractivity contribution is 0.0732. The number of H-pyrrole nitrogens is 1. The van der Waals surface area contributed by atoms with E-state index in [0.717, 1.165) is 19.5 Å². The third kappa shape index (κ3) is 1.94. The molecular weight excluding hydrogens is 312 g/mol. The van der Waals surface area contributed by atoms with E-state index in [0.29, 0.717) is 17.8 Å². The minimum atomic E-state index is -1.10. The molecule has 116 valence electrons. The van der Waals surface area contributed by atoms with E-state index in [1.807, 2.05) is 4.90 Å². The van der Waals surface area contributed by atoms with Gasteiger partial charge in [0.1, 0.15) is 5.69 Å². The Balaban J connectivity index is 1.72. The summed E-state index contributed by atoms with van der Waals surface area (Å²) in [6.45, 7) is 2.41. The van der Waals surface area contributed by atoms with Crippen LogP contribution >= 0.6 is 11.6 Å². The number of carbonyl (C=O) groups is 1. The molecule has 1 aromatic heterocycles. The third-order valence-corrected chi connectivity index (χ3v) is 4.96. The van der Waals surface area contributed by atoms with Crippen LogP contribution < -0.4 is 5.32 Å². The zero-order chi connectivity index (χ0) is 15.4. The Morgan fingerprint density at radius 3 is 2.91 bits per heavy atom. The second kappa shape index (κ2) is 4.93. The molecule has 2 aromatic rings. The van der Waals surface area contributed by atoms with E-state index in [-0.39, 0.29) is 28.2 Å². The number of aromatic amines is 1. The van der Waals surface area contributed by atoms with Crippen molar-refractivity contribution in [3.05, 3.63) is 34.5 Å². The summed E-state index contributed by atoms with van der Waals surface area (Å²) in [5.41, 5.74) is 0.244. The van der Waals surface area contributed by atoms with Crippen molar-refractivity contribution in [1.82, 2.24) is 15.2 Å². The molecule has 0 bridgehead atoms. The molecule has 2 atom stereocenters. The van der Waals surface area contributed by atoms with Gasteiger partial charge >= 0.3 is 0 Å². The highest BCUT2D eigenvalue weighted by atomic mass is 35.5. The molecule has 0 saturated carbocycles. The molecule has 2 saturated heterocycles. The summed E-state index contributed by atoms with van der Waals surface area (Å²) in [6.07, 6.45) is 0.971. The van der Waals surface area contributed by atoms with Gasteiger partial charge in [0.25, 0.3) is 5.91 Å². The van der Waals surface area contributed by atoms with Crippen LogP contribution in [0.4, 0.5) is 8.78 Å². The lowest BCUT2D eigenvalue weighted by atomic mass is 10.1. The van der Waals surface area contributed by atoms with Crippen LogP contribution in [0.1, 0.15) is 16.9 Å². The summed E-state index contributed by atoms with van der Waals surface area (Å²) in [7, 11) is 0. The number of amides is 1. The maximum Gasteiger partial charge on any atom is 0.270 e. The molecule has 1 amide bonds. The van der Waals surface area contributed by atoms with Crippen molar-refractivity contribution in [2.45, 2.75) is 12.5 Å². The topological polar surface area (TPSA) is 48.1 Å². The van der Waals surface area contributed by atoms with Crippen molar-refractivity contribution >= 4 is 28.4 Å². The van der Waals surface area contributed by atoms with Gasteiger partial charge in [0.2, 0.25) is 0 Å². The van der Waals surface area contributed by atoms with Gasteiger partial charge < -0.3 is 15.2 Å². The summed E-state index contributed by atoms with van der Waals surface area (Å²) in [5.74, 6) is -1.85. The first-order valence-corrected chi connectivity index (χ1v) is 7.62. The van der Waals surface area contributed by atoms with Gasteiger partial charge in [0.15, 0.2) is 11.6 Å². The number of fused-ring (bicyclic) bond motifs is 2. The molecule has 1 aromatic carbocycles. The van der Waals surface area contributed by atoms with E-state index in [1.54, 1.807) is 0 Å². The molecule has 2 aliphatic rings. The van der Waals surface area contributed by atoms with E-state index in [4.69, 9.17) is 11.6 Å². The number of hydrogen-bond donors (Lipinski definition) is 2. The zero-order valence-electron chi connectivity index (χ0n) is 11.6. The lowest BCUT2D eigenvalue weighted by Gasteiger charge is -2.22. The summed E-state index contributed by atoms with van der Waals surface area (Å²) in [5, 5.41) is 3.39. The Hall–Kier alpha value is -1.66. The predicted molar refractivity (Wildman–Crippen MR) is 79.0 cm³/mol. The predicted octanol–water partition coefficient (Wildman–Crippen LogP) is 2.53. The fourth-order valence-corrected chi connectivity index (χ4v) is 3.75. The number of aromatic nitrogens is 1. The fourth-order valence-electron chi connectivity index (χ4n) is 3.55. The highest BCUT2D eigenvalue weighted by Gasteiger charge is 2.40. The van der Waals surface area contributed by atoms with Gasteiger partial charge in [0, 0.05) is 31.1 Å². The van der Waals surface area contributed by atoms with E-state index in [1.165, 1.54) is 12.1 Å². The molecule has 7 heteroatoms. The number of carbonyl (C=O) groups excluding carboxylic acids is 1. The molecule has 4 rings (SSSR count). The van der Waals surface area contributed by atoms with Crippen LogP contribution in [0.5, 0.6) is 0 Å². The summed E-state index contributed by atoms with van der Waals surface area (Å²) < 4.78 is 27.4. The van der Waals surface area contributed by atoms with Gasteiger partial charge in [-0.2, -0.15) is 0 Å². The van der Waals surface area contributed by atoms with Crippen LogP contribution in [0.15, 0.2) is 12.1 Å². The molecular formula is C15H14ClF2N3O. The molecule has 4 nitrogen and oxygen atoms in total. The Morgan fingerprint density at radius 2 is 2.09 bits per heavy atom. The lowest BCUT2D eigenvalue weighted by Crippen LogP contribution is -2.39. The molecule has 2 N–H and O–H groups in total. The maximum absolute atomic E-state index is 13.9. The fraction of sp³-hybridized carbons (Fsp3) is 0.400. The van der Waals surface area contributed by atoms with Crippen LogP contribution in [0.3, 0.4) is 0 Å².